The first-order valence-electron chi connectivity index (χ1n) is 11.2. The van der Waals surface area contributed by atoms with Gasteiger partial charge in [0.15, 0.2) is 0 Å². The number of hydrogen-bond acceptors (Lipinski definition) is 7. The normalized spacial score (nSPS) is 23.0. The van der Waals surface area contributed by atoms with Crippen LogP contribution in [0.25, 0.3) is 16.8 Å². The van der Waals surface area contributed by atoms with E-state index < -0.39 is 6.10 Å². The molecule has 2 aliphatic rings. The molecule has 0 spiro atoms. The Bertz CT molecular complexity index is 1110. The van der Waals surface area contributed by atoms with Gasteiger partial charge in [0.05, 0.1) is 47.4 Å². The number of aliphatic hydroxyl groups excluding tert-OH is 1. The number of halogens is 1. The van der Waals surface area contributed by atoms with E-state index in [1.54, 1.807) is 6.20 Å². The first kappa shape index (κ1) is 21.6. The summed E-state index contributed by atoms with van der Waals surface area (Å²) in [6, 6.07) is 4.20. The van der Waals surface area contributed by atoms with Gasteiger partial charge >= 0.3 is 0 Å². The van der Waals surface area contributed by atoms with E-state index in [0.29, 0.717) is 42.2 Å². The lowest BCUT2D eigenvalue weighted by molar-refractivity contribution is -0.0136. The molecule has 0 aliphatic carbocycles. The number of aryl methyl sites for hydroxylation is 1. The molecule has 32 heavy (non-hydrogen) atoms. The van der Waals surface area contributed by atoms with E-state index in [9.17, 15) is 5.11 Å². The van der Waals surface area contributed by atoms with Crippen LogP contribution in [0.2, 0.25) is 5.02 Å². The van der Waals surface area contributed by atoms with Gasteiger partial charge in [-0.2, -0.15) is 5.10 Å². The van der Waals surface area contributed by atoms with E-state index in [0.717, 1.165) is 29.9 Å². The number of piperidine rings is 1. The predicted molar refractivity (Wildman–Crippen MR) is 124 cm³/mol. The summed E-state index contributed by atoms with van der Waals surface area (Å²) in [6.45, 7) is 5.30. The molecule has 2 atom stereocenters. The van der Waals surface area contributed by atoms with Crippen molar-refractivity contribution in [2.75, 3.05) is 38.7 Å². The third-order valence-electron chi connectivity index (χ3n) is 6.76. The first-order chi connectivity index (χ1) is 15.5. The molecule has 2 aliphatic heterocycles. The Kier molecular flexibility index (Phi) is 6.03. The first-order valence-corrected chi connectivity index (χ1v) is 11.6. The quantitative estimate of drug-likeness (QED) is 0.623. The lowest BCUT2D eigenvalue weighted by Gasteiger charge is -2.30. The van der Waals surface area contributed by atoms with Crippen LogP contribution in [0.5, 0.6) is 0 Å². The van der Waals surface area contributed by atoms with Crippen LogP contribution in [-0.4, -0.2) is 75.1 Å². The minimum atomic E-state index is -0.593. The van der Waals surface area contributed by atoms with Crippen molar-refractivity contribution in [1.29, 1.82) is 0 Å². The summed E-state index contributed by atoms with van der Waals surface area (Å²) >= 11 is 6.50. The van der Waals surface area contributed by atoms with Gasteiger partial charge in [0, 0.05) is 17.9 Å². The van der Waals surface area contributed by atoms with Crippen molar-refractivity contribution in [3.05, 3.63) is 40.8 Å². The SMILES string of the molecule is Cc1c(C2CCN(C)CC2)ccc2c(-c3nc(N[C@@H]4CCOC[C@H]4O)ncc3Cl)cnn12. The topological polar surface area (TPSA) is 87.8 Å². The van der Waals surface area contributed by atoms with Crippen molar-refractivity contribution in [3.8, 4) is 11.3 Å². The van der Waals surface area contributed by atoms with E-state index in [1.165, 1.54) is 18.4 Å². The van der Waals surface area contributed by atoms with E-state index in [-0.39, 0.29) is 6.04 Å². The number of fused-ring (bicyclic) bond motifs is 1. The molecule has 3 aromatic heterocycles. The highest BCUT2D eigenvalue weighted by molar-refractivity contribution is 6.33. The van der Waals surface area contributed by atoms with Crippen LogP contribution in [0.3, 0.4) is 0 Å². The summed E-state index contributed by atoms with van der Waals surface area (Å²) in [7, 11) is 2.18. The summed E-state index contributed by atoms with van der Waals surface area (Å²) < 4.78 is 7.30. The molecular weight excluding hydrogens is 428 g/mol. The Labute approximate surface area is 192 Å². The molecule has 5 rings (SSSR count). The molecule has 9 heteroatoms. The zero-order valence-corrected chi connectivity index (χ0v) is 19.2. The van der Waals surface area contributed by atoms with Crippen molar-refractivity contribution in [3.63, 3.8) is 0 Å². The van der Waals surface area contributed by atoms with Crippen molar-refractivity contribution in [2.45, 2.75) is 44.2 Å². The van der Waals surface area contributed by atoms with Gasteiger partial charge in [-0.05, 0) is 63.9 Å². The fourth-order valence-electron chi connectivity index (χ4n) is 4.81. The van der Waals surface area contributed by atoms with E-state index >= 15 is 0 Å². The van der Waals surface area contributed by atoms with Crippen molar-refractivity contribution in [1.82, 2.24) is 24.5 Å². The smallest absolute Gasteiger partial charge is 0.223 e. The van der Waals surface area contributed by atoms with Gasteiger partial charge in [-0.25, -0.2) is 14.5 Å². The van der Waals surface area contributed by atoms with Crippen molar-refractivity contribution in [2.24, 2.45) is 0 Å². The molecule has 8 nitrogen and oxygen atoms in total. The van der Waals surface area contributed by atoms with E-state index in [1.807, 2.05) is 10.7 Å². The third-order valence-corrected chi connectivity index (χ3v) is 7.04. The third kappa shape index (κ3) is 4.08. The maximum absolute atomic E-state index is 10.2. The highest BCUT2D eigenvalue weighted by Gasteiger charge is 2.25. The summed E-state index contributed by atoms with van der Waals surface area (Å²) in [5.41, 5.74) is 5.00. The molecule has 0 radical (unpaired) electrons. The zero-order chi connectivity index (χ0) is 22.2. The average molecular weight is 457 g/mol. The summed E-state index contributed by atoms with van der Waals surface area (Å²) in [5.74, 6) is 1.00. The van der Waals surface area contributed by atoms with Crippen LogP contribution >= 0.6 is 11.6 Å². The molecule has 0 aromatic carbocycles. The minimum absolute atomic E-state index is 0.152. The molecular formula is C23H29ClN6O2. The second kappa shape index (κ2) is 8.94. The Balaban J connectivity index is 1.46. The second-order valence-corrected chi connectivity index (χ2v) is 9.29. The fraction of sp³-hybridized carbons (Fsp3) is 0.522. The van der Waals surface area contributed by atoms with E-state index in [2.05, 4.69) is 51.4 Å². The van der Waals surface area contributed by atoms with Gasteiger partial charge < -0.3 is 20.1 Å². The number of likely N-dealkylation sites (tertiary alicyclic amines) is 1. The number of nitrogens with zero attached hydrogens (tertiary/aromatic N) is 5. The fourth-order valence-corrected chi connectivity index (χ4v) is 5.01. The highest BCUT2D eigenvalue weighted by atomic mass is 35.5. The van der Waals surface area contributed by atoms with Gasteiger partial charge in [-0.15, -0.1) is 0 Å². The summed E-state index contributed by atoms with van der Waals surface area (Å²) in [6.07, 6.45) is 5.86. The molecule has 2 saturated heterocycles. The predicted octanol–water partition coefficient (Wildman–Crippen LogP) is 3.12. The number of anilines is 1. The van der Waals surface area contributed by atoms with Gasteiger partial charge in [-0.3, -0.25) is 0 Å². The molecule has 5 heterocycles. The van der Waals surface area contributed by atoms with Gasteiger partial charge in [0.1, 0.15) is 0 Å². The van der Waals surface area contributed by atoms with Crippen molar-refractivity contribution >= 4 is 23.1 Å². The van der Waals surface area contributed by atoms with Crippen LogP contribution in [0.15, 0.2) is 24.5 Å². The lowest BCUT2D eigenvalue weighted by atomic mass is 9.88. The Morgan fingerprint density at radius 2 is 2.00 bits per heavy atom. The number of nitrogens with one attached hydrogen (secondary N) is 1. The molecule has 0 saturated carbocycles. The Hall–Kier alpha value is -2.26. The molecule has 170 valence electrons. The average Bonchev–Trinajstić information content (AvgIpc) is 3.22. The number of aromatic nitrogens is 4. The number of aliphatic hydroxyl groups is 1. The summed E-state index contributed by atoms with van der Waals surface area (Å²) in [5, 5.41) is 18.5. The van der Waals surface area contributed by atoms with Crippen LogP contribution in [-0.2, 0) is 4.74 Å². The van der Waals surface area contributed by atoms with Gasteiger partial charge in [0.25, 0.3) is 0 Å². The zero-order valence-electron chi connectivity index (χ0n) is 18.5. The standard InChI is InChI=1S/C23H29ClN6O2/c1-14-16(15-5-8-29(2)9-6-15)3-4-20-17(11-26-30(14)20)22-18(24)12-25-23(28-22)27-19-7-10-32-13-21(19)31/h3-4,11-12,15,19,21,31H,5-10,13H2,1-2H3,(H,25,27,28)/t19-,21-/m1/s1. The molecule has 0 amide bonds. The number of rotatable bonds is 4. The molecule has 3 aromatic rings. The van der Waals surface area contributed by atoms with Crippen LogP contribution in [0.4, 0.5) is 5.95 Å². The molecule has 2 fully saturated rings. The van der Waals surface area contributed by atoms with Crippen LogP contribution in [0.1, 0.15) is 36.4 Å². The highest BCUT2D eigenvalue weighted by Crippen LogP contribution is 2.34. The Morgan fingerprint density at radius 3 is 2.78 bits per heavy atom. The van der Waals surface area contributed by atoms with E-state index in [4.69, 9.17) is 16.3 Å². The van der Waals surface area contributed by atoms with Crippen LogP contribution in [0, 0.1) is 6.92 Å². The maximum atomic E-state index is 10.2. The largest absolute Gasteiger partial charge is 0.389 e. The second-order valence-electron chi connectivity index (χ2n) is 8.88. The van der Waals surface area contributed by atoms with Gasteiger partial charge in [-0.1, -0.05) is 17.7 Å². The number of pyridine rings is 1. The van der Waals surface area contributed by atoms with Gasteiger partial charge in [0.2, 0.25) is 5.95 Å². The molecule has 2 N–H and O–H groups in total. The Morgan fingerprint density at radius 1 is 1.19 bits per heavy atom. The number of hydrogen-bond donors (Lipinski definition) is 2. The maximum Gasteiger partial charge on any atom is 0.223 e. The minimum Gasteiger partial charge on any atom is -0.389 e. The van der Waals surface area contributed by atoms with Crippen molar-refractivity contribution < 1.29 is 9.84 Å². The lowest BCUT2D eigenvalue weighted by Crippen LogP contribution is -2.42. The summed E-state index contributed by atoms with van der Waals surface area (Å²) in [4.78, 5) is 11.4. The molecule has 0 unspecified atom stereocenters. The number of ether oxygens (including phenoxy) is 1. The monoisotopic (exact) mass is 456 g/mol. The van der Waals surface area contributed by atoms with Crippen LogP contribution < -0.4 is 5.32 Å². The molecule has 0 bridgehead atoms.